The Hall–Kier alpha value is -4.51. The lowest BCUT2D eigenvalue weighted by atomic mass is 9.98. The maximum atomic E-state index is 13.0. The summed E-state index contributed by atoms with van der Waals surface area (Å²) < 4.78 is 5.17. The number of aromatic nitrogens is 3. The summed E-state index contributed by atoms with van der Waals surface area (Å²) in [5, 5.41) is 15.4. The number of hydrogen-bond donors (Lipinski definition) is 3. The predicted molar refractivity (Wildman–Crippen MR) is 152 cm³/mol. The van der Waals surface area contributed by atoms with Gasteiger partial charge in [0.25, 0.3) is 5.91 Å². The van der Waals surface area contributed by atoms with Crippen LogP contribution in [0.15, 0.2) is 72.1 Å². The van der Waals surface area contributed by atoms with E-state index in [0.717, 1.165) is 29.1 Å². The minimum Gasteiger partial charge on any atom is -0.464 e. The zero-order valence-corrected chi connectivity index (χ0v) is 22.8. The average Bonchev–Trinajstić information content (AvgIpc) is 3.68. The first-order chi connectivity index (χ1) is 19.5. The van der Waals surface area contributed by atoms with E-state index >= 15 is 0 Å². The minimum absolute atomic E-state index is 0.139. The van der Waals surface area contributed by atoms with Crippen LogP contribution in [0.2, 0.25) is 0 Å². The number of carbonyl (C=O) groups is 3. The molecule has 0 radical (unpaired) electrons. The number of nitrogens with one attached hydrogen (secondary N) is 3. The molecule has 4 aromatic rings. The second kappa shape index (κ2) is 12.6. The molecule has 2 aromatic carbocycles. The number of urea groups is 1. The Balaban J connectivity index is 1.15. The number of thiazole rings is 1. The van der Waals surface area contributed by atoms with Gasteiger partial charge in [-0.2, -0.15) is 5.10 Å². The van der Waals surface area contributed by atoms with Crippen LogP contribution in [0, 0.1) is 0 Å². The molecule has 11 heteroatoms. The minimum atomic E-state index is -0.918. The number of rotatable bonds is 8. The normalized spacial score (nSPS) is 14.4. The Kier molecular flexibility index (Phi) is 8.50. The maximum Gasteiger partial charge on any atom is 0.333 e. The summed E-state index contributed by atoms with van der Waals surface area (Å²) in [5.41, 5.74) is 2.72. The summed E-state index contributed by atoms with van der Waals surface area (Å²) in [5.74, 6) is -0.344. The molecule has 1 fully saturated rings. The third-order valence-corrected chi connectivity index (χ3v) is 7.72. The zero-order chi connectivity index (χ0) is 27.9. The molecule has 1 aliphatic rings. The SMILES string of the molecule is CCOC(=O)C(NC(=O)c1csc(C2CCN(C(=O)Nc3cc(-c4ccccc4)[nH]n3)CC2)n1)c1ccccc1. The van der Waals surface area contributed by atoms with E-state index in [4.69, 9.17) is 4.74 Å². The monoisotopic (exact) mass is 558 g/mol. The number of aromatic amines is 1. The number of hydrogen-bond acceptors (Lipinski definition) is 7. The summed E-state index contributed by atoms with van der Waals surface area (Å²) in [6, 6.07) is 19.5. The van der Waals surface area contributed by atoms with Crippen LogP contribution in [-0.4, -0.2) is 57.7 Å². The van der Waals surface area contributed by atoms with E-state index < -0.39 is 17.9 Å². The fourth-order valence-electron chi connectivity index (χ4n) is 4.60. The second-order valence-electron chi connectivity index (χ2n) is 9.36. The fourth-order valence-corrected chi connectivity index (χ4v) is 5.57. The summed E-state index contributed by atoms with van der Waals surface area (Å²) in [4.78, 5) is 44.7. The molecular formula is C29H30N6O4S. The van der Waals surface area contributed by atoms with Crippen LogP contribution in [0.3, 0.4) is 0 Å². The highest BCUT2D eigenvalue weighted by Crippen LogP contribution is 2.31. The summed E-state index contributed by atoms with van der Waals surface area (Å²) in [6.07, 6.45) is 1.46. The molecule has 2 aromatic heterocycles. The highest BCUT2D eigenvalue weighted by molar-refractivity contribution is 7.09. The van der Waals surface area contributed by atoms with Crippen molar-refractivity contribution in [3.8, 4) is 11.3 Å². The third-order valence-electron chi connectivity index (χ3n) is 6.71. The molecule has 0 bridgehead atoms. The molecule has 0 aliphatic carbocycles. The molecule has 0 saturated carbocycles. The largest absolute Gasteiger partial charge is 0.464 e. The molecule has 1 unspecified atom stereocenters. The van der Waals surface area contributed by atoms with Gasteiger partial charge in [0, 0.05) is 30.5 Å². The van der Waals surface area contributed by atoms with E-state index in [-0.39, 0.29) is 24.2 Å². The molecule has 206 valence electrons. The van der Waals surface area contributed by atoms with Crippen molar-refractivity contribution in [1.82, 2.24) is 25.4 Å². The van der Waals surface area contributed by atoms with E-state index in [1.165, 1.54) is 11.3 Å². The first kappa shape index (κ1) is 27.1. The van der Waals surface area contributed by atoms with Gasteiger partial charge in [0.2, 0.25) is 0 Å². The van der Waals surface area contributed by atoms with E-state index in [2.05, 4.69) is 25.8 Å². The number of benzene rings is 2. The van der Waals surface area contributed by atoms with Crippen molar-refractivity contribution in [2.24, 2.45) is 0 Å². The molecule has 10 nitrogen and oxygen atoms in total. The number of amides is 3. The highest BCUT2D eigenvalue weighted by atomic mass is 32.1. The standard InChI is InChI=1S/C29H30N6O4S/c1-2-39-28(37)25(20-11-7-4-8-12-20)32-26(36)23-18-40-27(30-23)21-13-15-35(16-14-21)29(38)31-24-17-22(33-34-24)19-9-5-3-6-10-19/h3-12,17-18,21,25H,2,13-16H2,1H3,(H,32,36)(H2,31,33,34,38). The number of ether oxygens (including phenoxy) is 1. The Morgan fingerprint density at radius 1 is 1.07 bits per heavy atom. The molecule has 3 N–H and O–H groups in total. The van der Waals surface area contributed by atoms with E-state index in [1.54, 1.807) is 41.5 Å². The lowest BCUT2D eigenvalue weighted by Crippen LogP contribution is -2.40. The van der Waals surface area contributed by atoms with Crippen molar-refractivity contribution in [3.63, 3.8) is 0 Å². The molecule has 3 amide bonds. The van der Waals surface area contributed by atoms with Gasteiger partial charge in [0.05, 0.1) is 17.3 Å². The van der Waals surface area contributed by atoms with Crippen molar-refractivity contribution >= 4 is 35.1 Å². The van der Waals surface area contributed by atoms with Crippen LogP contribution in [0.25, 0.3) is 11.3 Å². The van der Waals surface area contributed by atoms with Gasteiger partial charge in [0.15, 0.2) is 11.9 Å². The Bertz CT molecular complexity index is 1450. The Labute approximate surface area is 235 Å². The molecule has 5 rings (SSSR count). The van der Waals surface area contributed by atoms with E-state index in [1.807, 2.05) is 42.5 Å². The van der Waals surface area contributed by atoms with Crippen LogP contribution in [0.1, 0.15) is 52.8 Å². The van der Waals surface area contributed by atoms with Gasteiger partial charge in [-0.05, 0) is 30.9 Å². The number of nitrogens with zero attached hydrogens (tertiary/aromatic N) is 3. The lowest BCUT2D eigenvalue weighted by molar-refractivity contribution is -0.145. The summed E-state index contributed by atoms with van der Waals surface area (Å²) >= 11 is 1.42. The number of likely N-dealkylation sites (tertiary alicyclic amines) is 1. The molecule has 1 atom stereocenters. The first-order valence-electron chi connectivity index (χ1n) is 13.2. The van der Waals surface area contributed by atoms with Crippen LogP contribution >= 0.6 is 11.3 Å². The highest BCUT2D eigenvalue weighted by Gasteiger charge is 2.29. The summed E-state index contributed by atoms with van der Waals surface area (Å²) in [6.45, 7) is 3.06. The Morgan fingerprint density at radius 2 is 1.77 bits per heavy atom. The van der Waals surface area contributed by atoms with Gasteiger partial charge in [-0.3, -0.25) is 15.2 Å². The van der Waals surface area contributed by atoms with Gasteiger partial charge < -0.3 is 15.0 Å². The second-order valence-corrected chi connectivity index (χ2v) is 10.3. The number of piperidine rings is 1. The molecule has 3 heterocycles. The van der Waals surface area contributed by atoms with Crippen LogP contribution in [-0.2, 0) is 9.53 Å². The van der Waals surface area contributed by atoms with Gasteiger partial charge in [0.1, 0.15) is 5.69 Å². The van der Waals surface area contributed by atoms with Crippen LogP contribution in [0.5, 0.6) is 0 Å². The summed E-state index contributed by atoms with van der Waals surface area (Å²) in [7, 11) is 0. The number of carbonyl (C=O) groups excluding carboxylic acids is 3. The number of anilines is 1. The van der Waals surface area contributed by atoms with Gasteiger partial charge >= 0.3 is 12.0 Å². The van der Waals surface area contributed by atoms with Crippen molar-refractivity contribution in [1.29, 1.82) is 0 Å². The van der Waals surface area contributed by atoms with Crippen LogP contribution < -0.4 is 10.6 Å². The van der Waals surface area contributed by atoms with E-state index in [0.29, 0.717) is 24.5 Å². The predicted octanol–water partition coefficient (Wildman–Crippen LogP) is 4.98. The molecule has 0 spiro atoms. The Morgan fingerprint density at radius 3 is 2.48 bits per heavy atom. The fraction of sp³-hybridized carbons (Fsp3) is 0.276. The van der Waals surface area contributed by atoms with Crippen molar-refractivity contribution in [2.45, 2.75) is 31.7 Å². The van der Waals surface area contributed by atoms with Gasteiger partial charge in [-0.1, -0.05) is 60.7 Å². The van der Waals surface area contributed by atoms with Crippen molar-refractivity contribution in [3.05, 3.63) is 88.4 Å². The van der Waals surface area contributed by atoms with Crippen molar-refractivity contribution < 1.29 is 19.1 Å². The topological polar surface area (TPSA) is 129 Å². The first-order valence-corrected chi connectivity index (χ1v) is 14.0. The van der Waals surface area contributed by atoms with Gasteiger partial charge in [-0.25, -0.2) is 14.6 Å². The lowest BCUT2D eigenvalue weighted by Gasteiger charge is -2.30. The van der Waals surface area contributed by atoms with E-state index in [9.17, 15) is 14.4 Å². The third kappa shape index (κ3) is 6.37. The smallest absolute Gasteiger partial charge is 0.333 e. The zero-order valence-electron chi connectivity index (χ0n) is 22.0. The van der Waals surface area contributed by atoms with Crippen molar-refractivity contribution in [2.75, 3.05) is 25.0 Å². The molecule has 1 saturated heterocycles. The average molecular weight is 559 g/mol. The molecule has 40 heavy (non-hydrogen) atoms. The van der Waals surface area contributed by atoms with Gasteiger partial charge in [-0.15, -0.1) is 11.3 Å². The number of esters is 1. The maximum absolute atomic E-state index is 13.0. The molecule has 1 aliphatic heterocycles. The molecular weight excluding hydrogens is 528 g/mol. The van der Waals surface area contributed by atoms with Crippen LogP contribution in [0.4, 0.5) is 10.6 Å². The number of H-pyrrole nitrogens is 1. The quantitative estimate of drug-likeness (QED) is 0.262.